The summed E-state index contributed by atoms with van der Waals surface area (Å²) >= 11 is 0. The van der Waals surface area contributed by atoms with Gasteiger partial charge in [-0.15, -0.1) is 5.11 Å². The van der Waals surface area contributed by atoms with Gasteiger partial charge >= 0.3 is 5.97 Å². The maximum atomic E-state index is 11.7. The molecule has 108 valence electrons. The van der Waals surface area contributed by atoms with Gasteiger partial charge in [0.25, 0.3) is 0 Å². The Morgan fingerprint density at radius 2 is 1.75 bits per heavy atom. The van der Waals surface area contributed by atoms with E-state index in [4.69, 9.17) is 4.74 Å². The van der Waals surface area contributed by atoms with E-state index < -0.39 is 0 Å². The van der Waals surface area contributed by atoms with Crippen LogP contribution in [0.1, 0.15) is 45.4 Å². The quantitative estimate of drug-likeness (QED) is 0.724. The lowest BCUT2D eigenvalue weighted by Gasteiger charge is -2.60. The van der Waals surface area contributed by atoms with Gasteiger partial charge in [-0.05, 0) is 69.3 Å². The van der Waals surface area contributed by atoms with Crippen molar-refractivity contribution in [2.45, 2.75) is 51.0 Å². The highest BCUT2D eigenvalue weighted by atomic mass is 16.5. The van der Waals surface area contributed by atoms with E-state index in [-0.39, 0.29) is 16.9 Å². The molecule has 4 heteroatoms. The molecule has 1 unspecified atom stereocenters. The first-order chi connectivity index (χ1) is 9.53. The third kappa shape index (κ3) is 1.57. The minimum atomic E-state index is -0.359. The minimum absolute atomic E-state index is 0.237. The van der Waals surface area contributed by atoms with Crippen LogP contribution in [0.15, 0.2) is 22.0 Å². The van der Waals surface area contributed by atoms with Gasteiger partial charge in [0.05, 0.1) is 7.11 Å². The maximum absolute atomic E-state index is 11.7. The van der Waals surface area contributed by atoms with E-state index in [0.29, 0.717) is 5.70 Å². The first kappa shape index (κ1) is 12.5. The summed E-state index contributed by atoms with van der Waals surface area (Å²) in [5.41, 5.74) is 0.332. The number of carbonyl (C=O) groups is 1. The summed E-state index contributed by atoms with van der Waals surface area (Å²) in [6.45, 7) is 2.17. The van der Waals surface area contributed by atoms with Gasteiger partial charge in [-0.1, -0.05) is 0 Å². The van der Waals surface area contributed by atoms with Gasteiger partial charge in [-0.25, -0.2) is 4.79 Å². The molecule has 1 aliphatic heterocycles. The maximum Gasteiger partial charge on any atom is 0.358 e. The van der Waals surface area contributed by atoms with E-state index in [1.54, 1.807) is 0 Å². The second-order valence-electron chi connectivity index (χ2n) is 7.57. The molecule has 5 aliphatic rings. The number of methoxy groups -OCH3 is 1. The number of carbonyl (C=O) groups excluding carboxylic acids is 1. The molecule has 0 aromatic carbocycles. The van der Waals surface area contributed by atoms with Crippen molar-refractivity contribution >= 4 is 5.97 Å². The smallest absolute Gasteiger partial charge is 0.358 e. The molecule has 4 aliphatic carbocycles. The third-order valence-corrected chi connectivity index (χ3v) is 6.29. The van der Waals surface area contributed by atoms with Gasteiger partial charge in [0.2, 0.25) is 0 Å². The van der Waals surface area contributed by atoms with Gasteiger partial charge in [0.15, 0.2) is 5.70 Å². The van der Waals surface area contributed by atoms with Crippen LogP contribution >= 0.6 is 0 Å². The normalized spacial score (nSPS) is 48.5. The molecule has 0 N–H and O–H groups in total. The molecule has 4 nitrogen and oxygen atoms in total. The van der Waals surface area contributed by atoms with Crippen molar-refractivity contribution in [1.29, 1.82) is 0 Å². The lowest BCUT2D eigenvalue weighted by molar-refractivity contribution is -0.136. The topological polar surface area (TPSA) is 51.0 Å². The molecule has 4 bridgehead atoms. The van der Waals surface area contributed by atoms with Crippen LogP contribution in [0.4, 0.5) is 0 Å². The van der Waals surface area contributed by atoms with Crippen LogP contribution in [0.2, 0.25) is 0 Å². The summed E-state index contributed by atoms with van der Waals surface area (Å²) in [4.78, 5) is 11.7. The van der Waals surface area contributed by atoms with E-state index in [9.17, 15) is 4.79 Å². The van der Waals surface area contributed by atoms with E-state index in [0.717, 1.165) is 17.8 Å². The monoisotopic (exact) mass is 274 g/mol. The standard InChI is InChI=1S/C16H22N2O2/c1-15(9-13(17-18-15)14(19)20-2)16-6-10-3-11(7-16)5-12(4-10)8-16/h9-12H,3-8H2,1-2H3. The van der Waals surface area contributed by atoms with Crippen molar-refractivity contribution in [1.82, 2.24) is 0 Å². The highest BCUT2D eigenvalue weighted by molar-refractivity contribution is 5.88. The van der Waals surface area contributed by atoms with E-state index in [2.05, 4.69) is 17.2 Å². The zero-order valence-electron chi connectivity index (χ0n) is 12.3. The van der Waals surface area contributed by atoms with Crippen LogP contribution < -0.4 is 0 Å². The molecule has 0 saturated heterocycles. The Kier molecular flexibility index (Phi) is 2.46. The fourth-order valence-electron chi connectivity index (χ4n) is 5.68. The average molecular weight is 274 g/mol. The molecule has 4 saturated carbocycles. The van der Waals surface area contributed by atoms with Crippen LogP contribution in [0.25, 0.3) is 0 Å². The van der Waals surface area contributed by atoms with Crippen LogP contribution in [0.3, 0.4) is 0 Å². The molecule has 1 heterocycles. The fourth-order valence-corrected chi connectivity index (χ4v) is 5.68. The number of ether oxygens (including phenoxy) is 1. The number of esters is 1. The van der Waals surface area contributed by atoms with E-state index >= 15 is 0 Å². The summed E-state index contributed by atoms with van der Waals surface area (Å²) < 4.78 is 4.79. The molecular weight excluding hydrogens is 252 g/mol. The minimum Gasteiger partial charge on any atom is -0.464 e. The van der Waals surface area contributed by atoms with Crippen LogP contribution in [0, 0.1) is 23.2 Å². The Balaban J connectivity index is 1.69. The molecule has 0 radical (unpaired) electrons. The van der Waals surface area contributed by atoms with Crippen LogP contribution in [-0.2, 0) is 9.53 Å². The lowest BCUT2D eigenvalue weighted by atomic mass is 9.45. The Morgan fingerprint density at radius 1 is 1.20 bits per heavy atom. The largest absolute Gasteiger partial charge is 0.464 e. The molecule has 4 fully saturated rings. The highest BCUT2D eigenvalue weighted by Crippen LogP contribution is 2.65. The van der Waals surface area contributed by atoms with Crippen molar-refractivity contribution in [3.05, 3.63) is 11.8 Å². The molecule has 0 amide bonds. The molecular formula is C16H22N2O2. The Labute approximate surface area is 119 Å². The first-order valence-corrected chi connectivity index (χ1v) is 7.78. The van der Waals surface area contributed by atoms with E-state index in [1.807, 2.05) is 6.08 Å². The van der Waals surface area contributed by atoms with E-state index in [1.165, 1.54) is 45.6 Å². The SMILES string of the molecule is COC(=O)C1=CC(C)(C23CC4CC(CC(C4)C2)C3)N=N1. The van der Waals surface area contributed by atoms with Crippen molar-refractivity contribution < 1.29 is 9.53 Å². The summed E-state index contributed by atoms with van der Waals surface area (Å²) in [7, 11) is 1.40. The summed E-state index contributed by atoms with van der Waals surface area (Å²) in [5, 5.41) is 8.67. The predicted octanol–water partition coefficient (Wildman–Crippen LogP) is 3.48. The Morgan fingerprint density at radius 3 is 2.25 bits per heavy atom. The molecule has 1 atom stereocenters. The Hall–Kier alpha value is -1.19. The van der Waals surface area contributed by atoms with Gasteiger partial charge in [-0.3, -0.25) is 0 Å². The van der Waals surface area contributed by atoms with Crippen molar-refractivity contribution in [2.75, 3.05) is 7.11 Å². The Bertz CT molecular complexity index is 487. The number of rotatable bonds is 2. The van der Waals surface area contributed by atoms with Gasteiger partial charge < -0.3 is 4.74 Å². The number of azo groups is 1. The summed E-state index contributed by atoms with van der Waals surface area (Å²) in [6.07, 6.45) is 10.0. The second kappa shape index (κ2) is 3.92. The third-order valence-electron chi connectivity index (χ3n) is 6.29. The number of hydrogen-bond acceptors (Lipinski definition) is 4. The van der Waals surface area contributed by atoms with Crippen molar-refractivity contribution in [2.24, 2.45) is 33.4 Å². The van der Waals surface area contributed by atoms with Crippen molar-refractivity contribution in [3.63, 3.8) is 0 Å². The second-order valence-corrected chi connectivity index (χ2v) is 7.57. The van der Waals surface area contributed by atoms with Crippen LogP contribution in [0.5, 0.6) is 0 Å². The molecule has 0 aromatic heterocycles. The number of hydrogen-bond donors (Lipinski definition) is 0. The molecule has 20 heavy (non-hydrogen) atoms. The zero-order valence-corrected chi connectivity index (χ0v) is 12.3. The average Bonchev–Trinajstić information content (AvgIpc) is 2.81. The van der Waals surface area contributed by atoms with Crippen LogP contribution in [-0.4, -0.2) is 18.6 Å². The van der Waals surface area contributed by atoms with Gasteiger partial charge in [-0.2, -0.15) is 5.11 Å². The first-order valence-electron chi connectivity index (χ1n) is 7.78. The van der Waals surface area contributed by atoms with Crippen molar-refractivity contribution in [3.8, 4) is 0 Å². The number of nitrogens with zero attached hydrogens (tertiary/aromatic N) is 2. The highest BCUT2D eigenvalue weighted by Gasteiger charge is 2.59. The molecule has 0 aromatic rings. The summed E-state index contributed by atoms with van der Waals surface area (Å²) in [6, 6.07) is 0. The van der Waals surface area contributed by atoms with Gasteiger partial charge in [0, 0.05) is 5.41 Å². The lowest BCUT2D eigenvalue weighted by Crippen LogP contribution is -2.55. The fraction of sp³-hybridized carbons (Fsp3) is 0.812. The molecule has 5 rings (SSSR count). The molecule has 0 spiro atoms. The predicted molar refractivity (Wildman–Crippen MR) is 74.0 cm³/mol. The van der Waals surface area contributed by atoms with Gasteiger partial charge in [0.1, 0.15) is 5.54 Å². The zero-order chi connectivity index (χ0) is 14.0. The summed E-state index contributed by atoms with van der Waals surface area (Å²) in [5.74, 6) is 2.28.